The molecule has 0 aliphatic heterocycles. The largest absolute Gasteiger partial charge is 0.230 e. The van der Waals surface area contributed by atoms with Gasteiger partial charge in [0.1, 0.15) is 10.0 Å². The first-order valence-corrected chi connectivity index (χ1v) is 6.78. The highest BCUT2D eigenvalue weighted by molar-refractivity contribution is 7.80. The number of thiazole rings is 1. The molecule has 0 aliphatic carbocycles. The van der Waals surface area contributed by atoms with E-state index in [0.717, 1.165) is 10.0 Å². The zero-order valence-corrected chi connectivity index (χ0v) is 11.2. The SMILES string of the molecule is CCC(C)c1ccc(-c2nc(S)cs2)cc1. The number of hydrogen-bond donors (Lipinski definition) is 1. The van der Waals surface area contributed by atoms with Gasteiger partial charge in [0.2, 0.25) is 0 Å². The number of thiol groups is 1. The molecule has 0 amide bonds. The van der Waals surface area contributed by atoms with Crippen molar-refractivity contribution in [2.75, 3.05) is 0 Å². The summed E-state index contributed by atoms with van der Waals surface area (Å²) in [6, 6.07) is 8.69. The molecule has 84 valence electrons. The smallest absolute Gasteiger partial charge is 0.124 e. The first kappa shape index (κ1) is 11.7. The number of aromatic nitrogens is 1. The molecular formula is C13H15NS2. The van der Waals surface area contributed by atoms with Crippen molar-refractivity contribution in [3.05, 3.63) is 35.2 Å². The Morgan fingerprint density at radius 1 is 1.31 bits per heavy atom. The average molecular weight is 249 g/mol. The lowest BCUT2D eigenvalue weighted by atomic mass is 9.98. The maximum atomic E-state index is 4.36. The Morgan fingerprint density at radius 3 is 2.50 bits per heavy atom. The molecule has 0 bridgehead atoms. The minimum atomic E-state index is 0.630. The first-order valence-electron chi connectivity index (χ1n) is 5.45. The molecule has 0 saturated carbocycles. The van der Waals surface area contributed by atoms with Crippen LogP contribution in [0.4, 0.5) is 0 Å². The second-order valence-corrected chi connectivity index (χ2v) is 5.26. The van der Waals surface area contributed by atoms with E-state index < -0.39 is 0 Å². The summed E-state index contributed by atoms with van der Waals surface area (Å²) in [4.78, 5) is 4.36. The average Bonchev–Trinajstić information content (AvgIpc) is 2.75. The normalized spacial score (nSPS) is 12.7. The summed E-state index contributed by atoms with van der Waals surface area (Å²) in [6.45, 7) is 4.47. The van der Waals surface area contributed by atoms with Crippen LogP contribution in [-0.4, -0.2) is 4.98 Å². The summed E-state index contributed by atoms with van der Waals surface area (Å²) in [5.74, 6) is 0.630. The molecule has 2 aromatic rings. The lowest BCUT2D eigenvalue weighted by Gasteiger charge is -2.08. The molecular weight excluding hydrogens is 234 g/mol. The van der Waals surface area contributed by atoms with E-state index in [4.69, 9.17) is 0 Å². The van der Waals surface area contributed by atoms with E-state index in [9.17, 15) is 0 Å². The number of hydrogen-bond acceptors (Lipinski definition) is 3. The van der Waals surface area contributed by atoms with Crippen molar-refractivity contribution in [2.45, 2.75) is 31.2 Å². The molecule has 0 N–H and O–H groups in total. The van der Waals surface area contributed by atoms with Gasteiger partial charge in [0.25, 0.3) is 0 Å². The third kappa shape index (κ3) is 2.47. The zero-order chi connectivity index (χ0) is 11.5. The van der Waals surface area contributed by atoms with Gasteiger partial charge in [-0.05, 0) is 17.9 Å². The van der Waals surface area contributed by atoms with E-state index in [1.54, 1.807) is 11.3 Å². The molecule has 1 nitrogen and oxygen atoms in total. The third-order valence-electron chi connectivity index (χ3n) is 2.83. The summed E-state index contributed by atoms with van der Waals surface area (Å²) in [6.07, 6.45) is 1.18. The maximum absolute atomic E-state index is 4.36. The van der Waals surface area contributed by atoms with E-state index >= 15 is 0 Å². The Kier molecular flexibility index (Phi) is 3.66. The molecule has 1 atom stereocenters. The molecule has 0 radical (unpaired) electrons. The van der Waals surface area contributed by atoms with E-state index in [1.807, 2.05) is 5.38 Å². The predicted octanol–water partition coefficient (Wildman–Crippen LogP) is 4.61. The standard InChI is InChI=1S/C13H15NS2/c1-3-9(2)10-4-6-11(7-5-10)13-14-12(15)8-16-13/h4-9,15H,3H2,1-2H3. The monoisotopic (exact) mass is 249 g/mol. The summed E-state index contributed by atoms with van der Waals surface area (Å²) < 4.78 is 0. The Labute approximate surface area is 106 Å². The van der Waals surface area contributed by atoms with Crippen LogP contribution in [0, 0.1) is 0 Å². The Bertz CT molecular complexity index is 459. The molecule has 1 aromatic carbocycles. The second-order valence-electron chi connectivity index (χ2n) is 3.94. The number of rotatable bonds is 3. The van der Waals surface area contributed by atoms with E-state index in [1.165, 1.54) is 17.5 Å². The topological polar surface area (TPSA) is 12.9 Å². The van der Waals surface area contributed by atoms with Crippen molar-refractivity contribution < 1.29 is 0 Å². The van der Waals surface area contributed by atoms with Crippen LogP contribution in [0.1, 0.15) is 31.7 Å². The maximum Gasteiger partial charge on any atom is 0.124 e. The van der Waals surface area contributed by atoms with E-state index in [0.29, 0.717) is 5.92 Å². The highest BCUT2D eigenvalue weighted by Gasteiger charge is 2.05. The van der Waals surface area contributed by atoms with Crippen LogP contribution in [0.15, 0.2) is 34.7 Å². The molecule has 16 heavy (non-hydrogen) atoms. The van der Waals surface area contributed by atoms with Crippen LogP contribution < -0.4 is 0 Å². The van der Waals surface area contributed by atoms with Gasteiger partial charge in [-0.15, -0.1) is 24.0 Å². The highest BCUT2D eigenvalue weighted by Crippen LogP contribution is 2.27. The summed E-state index contributed by atoms with van der Waals surface area (Å²) in [5.41, 5.74) is 2.58. The van der Waals surface area contributed by atoms with Gasteiger partial charge >= 0.3 is 0 Å². The lowest BCUT2D eigenvalue weighted by Crippen LogP contribution is -1.90. The van der Waals surface area contributed by atoms with Crippen LogP contribution in [-0.2, 0) is 0 Å². The van der Waals surface area contributed by atoms with Crippen LogP contribution in [0.2, 0.25) is 0 Å². The second kappa shape index (κ2) is 5.02. The van der Waals surface area contributed by atoms with Gasteiger partial charge in [-0.1, -0.05) is 38.1 Å². The van der Waals surface area contributed by atoms with Crippen molar-refractivity contribution in [3.8, 4) is 10.6 Å². The highest BCUT2D eigenvalue weighted by atomic mass is 32.1. The summed E-state index contributed by atoms with van der Waals surface area (Å²) in [5, 5.41) is 3.80. The number of benzene rings is 1. The van der Waals surface area contributed by atoms with Crippen LogP contribution >= 0.6 is 24.0 Å². The van der Waals surface area contributed by atoms with Gasteiger partial charge in [0.05, 0.1) is 0 Å². The quantitative estimate of drug-likeness (QED) is 0.784. The fourth-order valence-electron chi connectivity index (χ4n) is 1.59. The van der Waals surface area contributed by atoms with Crippen molar-refractivity contribution >= 4 is 24.0 Å². The van der Waals surface area contributed by atoms with Crippen LogP contribution in [0.5, 0.6) is 0 Å². The van der Waals surface area contributed by atoms with Gasteiger partial charge in [-0.2, -0.15) is 0 Å². The van der Waals surface area contributed by atoms with Crippen LogP contribution in [0.3, 0.4) is 0 Å². The number of nitrogens with zero attached hydrogens (tertiary/aromatic N) is 1. The predicted molar refractivity (Wildman–Crippen MR) is 73.5 cm³/mol. The minimum Gasteiger partial charge on any atom is -0.230 e. The van der Waals surface area contributed by atoms with Crippen molar-refractivity contribution in [1.29, 1.82) is 0 Å². The Hall–Kier alpha value is -0.800. The van der Waals surface area contributed by atoms with Gasteiger partial charge in [0, 0.05) is 10.9 Å². The van der Waals surface area contributed by atoms with Crippen molar-refractivity contribution in [1.82, 2.24) is 4.98 Å². The molecule has 2 rings (SSSR count). The minimum absolute atomic E-state index is 0.630. The molecule has 0 spiro atoms. The molecule has 1 aromatic heterocycles. The van der Waals surface area contributed by atoms with Crippen LogP contribution in [0.25, 0.3) is 10.6 Å². The van der Waals surface area contributed by atoms with Crippen molar-refractivity contribution in [3.63, 3.8) is 0 Å². The molecule has 0 fully saturated rings. The van der Waals surface area contributed by atoms with E-state index in [2.05, 4.69) is 55.7 Å². The molecule has 0 saturated heterocycles. The molecule has 1 heterocycles. The van der Waals surface area contributed by atoms with Gasteiger partial charge < -0.3 is 0 Å². The molecule has 3 heteroatoms. The first-order chi connectivity index (χ1) is 7.70. The summed E-state index contributed by atoms with van der Waals surface area (Å²) >= 11 is 5.86. The van der Waals surface area contributed by atoms with Crippen molar-refractivity contribution in [2.24, 2.45) is 0 Å². The lowest BCUT2D eigenvalue weighted by molar-refractivity contribution is 0.734. The van der Waals surface area contributed by atoms with Gasteiger partial charge in [-0.25, -0.2) is 4.98 Å². The van der Waals surface area contributed by atoms with Gasteiger partial charge in [0.15, 0.2) is 0 Å². The molecule has 0 aliphatic rings. The fourth-order valence-corrected chi connectivity index (χ4v) is 2.61. The van der Waals surface area contributed by atoms with E-state index in [-0.39, 0.29) is 0 Å². The molecule has 1 unspecified atom stereocenters. The van der Waals surface area contributed by atoms with Gasteiger partial charge in [-0.3, -0.25) is 0 Å². The third-order valence-corrected chi connectivity index (χ3v) is 4.13. The zero-order valence-electron chi connectivity index (χ0n) is 9.47. The Balaban J connectivity index is 2.25. The summed E-state index contributed by atoms with van der Waals surface area (Å²) in [7, 11) is 0. The fraction of sp³-hybridized carbons (Fsp3) is 0.308. The Morgan fingerprint density at radius 2 is 2.00 bits per heavy atom.